The van der Waals surface area contributed by atoms with Crippen LogP contribution in [0, 0.1) is 0 Å². The van der Waals surface area contributed by atoms with Crippen molar-refractivity contribution in [2.24, 2.45) is 0 Å². The molecule has 0 saturated heterocycles. The van der Waals surface area contributed by atoms with Gasteiger partial charge >= 0.3 is 5.97 Å². The predicted molar refractivity (Wildman–Crippen MR) is 65.5 cm³/mol. The molecule has 1 aliphatic carbocycles. The van der Waals surface area contributed by atoms with Crippen LogP contribution in [0.25, 0.3) is 0 Å². The van der Waals surface area contributed by atoms with Gasteiger partial charge < -0.3 is 9.84 Å². The number of carbonyl (C=O) groups is 1. The molecular weight excluding hydrogens is 240 g/mol. The molecule has 1 aliphatic rings. The maximum absolute atomic E-state index is 11.4. The first-order valence-corrected chi connectivity index (χ1v) is 6.18. The fraction of sp³-hybridized carbons (Fsp3) is 0.462. The van der Waals surface area contributed by atoms with Crippen LogP contribution < -0.4 is 4.74 Å². The van der Waals surface area contributed by atoms with Crippen molar-refractivity contribution in [3.05, 3.63) is 29.3 Å². The first kappa shape index (κ1) is 12.2. The third-order valence-electron chi connectivity index (χ3n) is 3.18. The number of rotatable bonds is 3. The SMILES string of the molecule is O=C(O)C1(Oc2ccc(Cl)cc2)CCCCC1. The van der Waals surface area contributed by atoms with E-state index in [-0.39, 0.29) is 0 Å². The summed E-state index contributed by atoms with van der Waals surface area (Å²) >= 11 is 5.78. The Balaban J connectivity index is 2.17. The van der Waals surface area contributed by atoms with Crippen LogP contribution in [0.5, 0.6) is 5.75 Å². The number of benzene rings is 1. The largest absolute Gasteiger partial charge is 0.478 e. The number of ether oxygens (including phenoxy) is 1. The molecule has 3 nitrogen and oxygen atoms in total. The maximum Gasteiger partial charge on any atom is 0.348 e. The topological polar surface area (TPSA) is 46.5 Å². The summed E-state index contributed by atoms with van der Waals surface area (Å²) in [7, 11) is 0. The Hall–Kier alpha value is -1.22. The minimum absolute atomic E-state index is 0.568. The zero-order valence-corrected chi connectivity index (χ0v) is 10.2. The fourth-order valence-electron chi connectivity index (χ4n) is 2.21. The summed E-state index contributed by atoms with van der Waals surface area (Å²) in [6.45, 7) is 0. The Bertz CT molecular complexity index is 394. The van der Waals surface area contributed by atoms with Gasteiger partial charge in [-0.25, -0.2) is 4.79 Å². The lowest BCUT2D eigenvalue weighted by atomic mass is 9.84. The summed E-state index contributed by atoms with van der Waals surface area (Å²) in [5.41, 5.74) is -1.05. The molecule has 0 bridgehead atoms. The summed E-state index contributed by atoms with van der Waals surface area (Å²) in [5.74, 6) is -0.300. The van der Waals surface area contributed by atoms with E-state index in [1.165, 1.54) is 0 Å². The first-order chi connectivity index (χ1) is 8.12. The van der Waals surface area contributed by atoms with Crippen LogP contribution in [0.15, 0.2) is 24.3 Å². The summed E-state index contributed by atoms with van der Waals surface area (Å²) < 4.78 is 5.70. The van der Waals surface area contributed by atoms with Gasteiger partial charge in [0.15, 0.2) is 0 Å². The van der Waals surface area contributed by atoms with Crippen molar-refractivity contribution in [3.63, 3.8) is 0 Å². The Kier molecular flexibility index (Phi) is 3.57. The van der Waals surface area contributed by atoms with E-state index >= 15 is 0 Å². The van der Waals surface area contributed by atoms with Crippen molar-refractivity contribution in [1.82, 2.24) is 0 Å². The summed E-state index contributed by atoms with van der Waals surface area (Å²) in [5, 5.41) is 9.97. The second-order valence-electron chi connectivity index (χ2n) is 4.42. The van der Waals surface area contributed by atoms with Gasteiger partial charge in [-0.2, -0.15) is 0 Å². The van der Waals surface area contributed by atoms with Crippen LogP contribution >= 0.6 is 11.6 Å². The molecular formula is C13H15ClO3. The van der Waals surface area contributed by atoms with Crippen molar-refractivity contribution in [2.45, 2.75) is 37.7 Å². The van der Waals surface area contributed by atoms with Gasteiger partial charge in [-0.1, -0.05) is 18.0 Å². The monoisotopic (exact) mass is 254 g/mol. The third kappa shape index (κ3) is 2.72. The van der Waals surface area contributed by atoms with Gasteiger partial charge in [-0.3, -0.25) is 0 Å². The lowest BCUT2D eigenvalue weighted by molar-refractivity contribution is -0.158. The van der Waals surface area contributed by atoms with E-state index in [1.54, 1.807) is 24.3 Å². The highest BCUT2D eigenvalue weighted by Crippen LogP contribution is 2.33. The molecule has 0 amide bonds. The van der Waals surface area contributed by atoms with Gasteiger partial charge in [-0.05, 0) is 49.9 Å². The maximum atomic E-state index is 11.4. The lowest BCUT2D eigenvalue weighted by Gasteiger charge is -2.33. The molecule has 0 atom stereocenters. The van der Waals surface area contributed by atoms with Crippen molar-refractivity contribution in [2.75, 3.05) is 0 Å². The van der Waals surface area contributed by atoms with E-state index in [4.69, 9.17) is 16.3 Å². The molecule has 0 aromatic heterocycles. The highest BCUT2D eigenvalue weighted by molar-refractivity contribution is 6.30. The third-order valence-corrected chi connectivity index (χ3v) is 3.43. The van der Waals surface area contributed by atoms with Gasteiger partial charge in [0.05, 0.1) is 0 Å². The van der Waals surface area contributed by atoms with Gasteiger partial charge in [0.25, 0.3) is 0 Å². The van der Waals surface area contributed by atoms with Gasteiger partial charge in [-0.15, -0.1) is 0 Å². The molecule has 1 aromatic carbocycles. The lowest BCUT2D eigenvalue weighted by Crippen LogP contribution is -2.46. The Morgan fingerprint density at radius 1 is 1.18 bits per heavy atom. The predicted octanol–water partition coefficient (Wildman–Crippen LogP) is 3.51. The average Bonchev–Trinajstić information content (AvgIpc) is 2.33. The smallest absolute Gasteiger partial charge is 0.348 e. The van der Waals surface area contributed by atoms with E-state index in [0.717, 1.165) is 19.3 Å². The van der Waals surface area contributed by atoms with Crippen molar-refractivity contribution in [3.8, 4) is 5.75 Å². The number of aliphatic carboxylic acids is 1. The highest BCUT2D eigenvalue weighted by Gasteiger charge is 2.42. The molecule has 1 aromatic rings. The molecule has 1 N–H and O–H groups in total. The van der Waals surface area contributed by atoms with Crippen molar-refractivity contribution >= 4 is 17.6 Å². The number of halogens is 1. The van der Waals surface area contributed by atoms with Gasteiger partial charge in [0, 0.05) is 5.02 Å². The molecule has 0 aliphatic heterocycles. The molecule has 4 heteroatoms. The quantitative estimate of drug-likeness (QED) is 0.898. The van der Waals surface area contributed by atoms with Crippen LogP contribution in [0.1, 0.15) is 32.1 Å². The molecule has 1 fully saturated rings. The second-order valence-corrected chi connectivity index (χ2v) is 4.85. The Morgan fingerprint density at radius 3 is 2.29 bits per heavy atom. The normalized spacial score (nSPS) is 18.6. The van der Waals surface area contributed by atoms with Crippen LogP contribution in [0.2, 0.25) is 5.02 Å². The molecule has 0 heterocycles. The van der Waals surface area contributed by atoms with E-state index in [9.17, 15) is 9.90 Å². The van der Waals surface area contributed by atoms with Crippen LogP contribution in [0.4, 0.5) is 0 Å². The molecule has 1 saturated carbocycles. The van der Waals surface area contributed by atoms with Crippen LogP contribution in [-0.2, 0) is 4.79 Å². The second kappa shape index (κ2) is 4.96. The van der Waals surface area contributed by atoms with E-state index < -0.39 is 11.6 Å². The molecule has 0 spiro atoms. The van der Waals surface area contributed by atoms with E-state index in [1.807, 2.05) is 0 Å². The number of hydrogen-bond acceptors (Lipinski definition) is 2. The molecule has 92 valence electrons. The standard InChI is InChI=1S/C13H15ClO3/c14-10-4-6-11(7-5-10)17-13(12(15)16)8-2-1-3-9-13/h4-7H,1-3,8-9H2,(H,15,16). The average molecular weight is 255 g/mol. The molecule has 0 unspecified atom stereocenters. The highest BCUT2D eigenvalue weighted by atomic mass is 35.5. The van der Waals surface area contributed by atoms with Crippen molar-refractivity contribution < 1.29 is 14.6 Å². The first-order valence-electron chi connectivity index (χ1n) is 5.80. The number of carboxylic acids is 1. The summed E-state index contributed by atoms with van der Waals surface area (Å²) in [4.78, 5) is 11.4. The minimum atomic E-state index is -1.05. The zero-order valence-electron chi connectivity index (χ0n) is 9.49. The van der Waals surface area contributed by atoms with Crippen molar-refractivity contribution in [1.29, 1.82) is 0 Å². The number of carboxylic acid groups (broad SMARTS) is 1. The van der Waals surface area contributed by atoms with Gasteiger partial charge in [0.1, 0.15) is 5.75 Å². The van der Waals surface area contributed by atoms with Crippen LogP contribution in [-0.4, -0.2) is 16.7 Å². The molecule has 17 heavy (non-hydrogen) atoms. The molecule has 0 radical (unpaired) electrons. The number of hydrogen-bond donors (Lipinski definition) is 1. The Labute approximate surface area is 105 Å². The summed E-state index contributed by atoms with van der Waals surface area (Å²) in [6, 6.07) is 6.83. The molecule has 2 rings (SSSR count). The zero-order chi connectivity index (χ0) is 12.3. The minimum Gasteiger partial charge on any atom is -0.478 e. The fourth-order valence-corrected chi connectivity index (χ4v) is 2.34. The van der Waals surface area contributed by atoms with Crippen LogP contribution in [0.3, 0.4) is 0 Å². The summed E-state index contributed by atoms with van der Waals surface area (Å²) in [6.07, 6.45) is 4.04. The van der Waals surface area contributed by atoms with E-state index in [2.05, 4.69) is 0 Å². The van der Waals surface area contributed by atoms with Gasteiger partial charge in [0.2, 0.25) is 5.60 Å². The Morgan fingerprint density at radius 2 is 1.76 bits per heavy atom. The van der Waals surface area contributed by atoms with E-state index in [0.29, 0.717) is 23.6 Å².